The van der Waals surface area contributed by atoms with Gasteiger partial charge in [0, 0.05) is 197 Å². The van der Waals surface area contributed by atoms with Gasteiger partial charge in [-0.3, -0.25) is 29.4 Å². The molecule has 0 aliphatic carbocycles. The van der Waals surface area contributed by atoms with Gasteiger partial charge in [-0.05, 0) is 325 Å². The van der Waals surface area contributed by atoms with Crippen molar-refractivity contribution in [3.63, 3.8) is 0 Å². The maximum Gasteiger partial charge on any atom is 0.161 e. The molecule has 21 unspecified atom stereocenters. The fourth-order valence-corrected chi connectivity index (χ4v) is 15.9. The minimum absolute atomic E-state index is 0.0529. The van der Waals surface area contributed by atoms with Gasteiger partial charge in [0.1, 0.15) is 0 Å². The third-order valence-electron chi connectivity index (χ3n) is 22.2. The summed E-state index contributed by atoms with van der Waals surface area (Å²) in [5, 5.41) is 67.4. The SMILES string of the molecule is [2H]C([2H])([2H])C([2H])(C)C([2H])([2H])C1([2H])CN2C([2H])([2H])C([2H])([2H])c3cc(OC)c(OC)cc3C2([2H])C([2H])([2H])C1([2H])O.[2H]C([2H])([2H])C([2H])(C)C([2H])([2H])C1([2H])CN2C([2H])([2H])C([2H])([2H])c3cc(OC)c(OC)cc3C2([2H])C([2H])([2H])C1([2H])O.[2H]C([2H])([2H])Oc1cc2c(cc1OC)C([2H])([2H])C([2H])([2H])N1CC([2H])(C([2H])([2H])C([2H])(C)C([2H])([2H])[2H])C([2H])(O)C([2H])([2H])C21[2H].[2H]C([2H])([2H])Oc1cc2c(cc1OC)C([2H])([2H])C([2H])([2H])N1CC([2H])(CC(C)C)C([2H])(O)C([2H])([2H])C21[2H].[2H]C([2H])([2H])Oc1cc2c(cc1OC)C([2H])([2H])C([2H])([2H])N1CC([2H])(CC(C)C)C([2H])(O)C([2H])([2H])C21[2H].[2H]C1(CC(C)C)CN2C([2H])([2H])C([2H])([2H])c3cc(OC)c(OC)cc3C2([2H])C([2H])([2H])C1([2H])O. The molecule has 12 heterocycles. The van der Waals surface area contributed by atoms with Gasteiger partial charge in [-0.2, -0.15) is 0 Å². The molecule has 0 bridgehead atoms. The summed E-state index contributed by atoms with van der Waals surface area (Å²) < 4.78 is 744. The fourth-order valence-electron chi connectivity index (χ4n) is 15.9. The van der Waals surface area contributed by atoms with Gasteiger partial charge in [0.15, 0.2) is 69.0 Å². The Morgan fingerprint density at radius 3 is 0.594 bits per heavy atom. The Balaban J connectivity index is 0.000000209. The van der Waals surface area contributed by atoms with Crippen molar-refractivity contribution in [3.8, 4) is 69.0 Å². The zero-order valence-electron chi connectivity index (χ0n) is 160. The Kier molecular flexibility index (Phi) is 15.6. The number of benzene rings is 6. The van der Waals surface area contributed by atoms with Crippen molar-refractivity contribution < 1.29 is 199 Å². The van der Waals surface area contributed by atoms with E-state index in [0.29, 0.717) is 41.5 Å². The van der Waals surface area contributed by atoms with Crippen LogP contribution >= 0.6 is 0 Å². The number of rotatable bonds is 24. The van der Waals surface area contributed by atoms with E-state index in [1.165, 1.54) is 48.7 Å². The lowest BCUT2D eigenvalue weighted by atomic mass is 9.79. The number of ether oxygens (including phenoxy) is 12. The maximum absolute atomic E-state index is 11.4. The van der Waals surface area contributed by atoms with Crippen LogP contribution in [0.1, 0.15) is 373 Å². The van der Waals surface area contributed by atoms with Crippen molar-refractivity contribution >= 4 is 0 Å². The summed E-state index contributed by atoms with van der Waals surface area (Å²) in [6.45, 7) is -25.1. The molecule has 24 nitrogen and oxygen atoms in total. The zero-order chi connectivity index (χ0) is 171. The second-order valence-corrected chi connectivity index (χ2v) is 33.4. The summed E-state index contributed by atoms with van der Waals surface area (Å²) >= 11 is 0. The van der Waals surface area contributed by atoms with Gasteiger partial charge < -0.3 is 87.5 Å². The van der Waals surface area contributed by atoms with Gasteiger partial charge >= 0.3 is 0 Å². The molecule has 24 heteroatoms. The van der Waals surface area contributed by atoms with Crippen molar-refractivity contribution in [2.75, 3.05) is 163 Å². The fraction of sp³-hybridized carbons (Fsp3) is 0.684. The number of aliphatic hydroxyl groups is 6. The van der Waals surface area contributed by atoms with Crippen molar-refractivity contribution in [2.24, 2.45) is 70.8 Å². The van der Waals surface area contributed by atoms with E-state index in [0.717, 1.165) is 82.0 Å². The second kappa shape index (κ2) is 49.1. The monoisotopic (exact) mass is 2000 g/mol. The number of nitrogens with zero attached hydrogens (tertiary/aromatic N) is 6. The second-order valence-electron chi connectivity index (χ2n) is 33.4. The van der Waals surface area contributed by atoms with Crippen molar-refractivity contribution in [3.05, 3.63) is 140 Å². The van der Waals surface area contributed by atoms with Gasteiger partial charge in [0.25, 0.3) is 0 Å². The molecule has 768 valence electrons. The average molecular weight is 2000 g/mol. The highest BCUT2D eigenvalue weighted by Crippen LogP contribution is 2.52. The van der Waals surface area contributed by atoms with Crippen LogP contribution in [0.3, 0.4) is 0 Å². The molecule has 6 aromatic rings. The average Bonchev–Trinajstić information content (AvgIpc) is 0.644. The van der Waals surface area contributed by atoms with Crippen LogP contribution in [0.2, 0.25) is 0 Å². The van der Waals surface area contributed by atoms with Crippen LogP contribution in [0, 0.1) is 70.8 Å². The highest BCUT2D eigenvalue weighted by atomic mass is 16.5. The minimum Gasteiger partial charge on any atom is -0.493 e. The molecule has 6 aromatic carbocycles. The standard InChI is InChI=1S/6C19H29NO3/c6*1-12(2)7-14-11-20-6-5-13-8-18(22-3)19(23-4)9-15(13)16(20)10-17(14)21/h6*8-9,12,14,16-17,21H,5-7,10-11H2,1-4H3/i1D3,4D3,5D2,6D2,7D2,10D2,12D,14D,16D,17D;2*1D3,5D2,6D2,7D2,10D2,12D,14D,16D,17D;2*4D3,5D2,6D2,10D2,14D,16D,17D;5D2,6D2,10D2,14D,16D,17D. The Hall–Kier alpha value is -7.56. The molecule has 138 heavy (non-hydrogen) atoms. The van der Waals surface area contributed by atoms with Gasteiger partial charge in [0.2, 0.25) is 0 Å². The largest absolute Gasteiger partial charge is 0.493 e. The van der Waals surface area contributed by atoms with Gasteiger partial charge in [-0.1, -0.05) is 82.9 Å². The molecule has 0 saturated carbocycles. The van der Waals surface area contributed by atoms with E-state index in [9.17, 15) is 38.9 Å². The third-order valence-corrected chi connectivity index (χ3v) is 22.2. The molecule has 18 rings (SSSR count). The van der Waals surface area contributed by atoms with Crippen molar-refractivity contribution in [1.82, 2.24) is 29.4 Å². The first-order valence-corrected chi connectivity index (χ1v) is 43.2. The van der Waals surface area contributed by atoms with Crippen LogP contribution in [-0.4, -0.2) is 260 Å². The maximum atomic E-state index is 11.4. The number of methoxy groups -OCH3 is 12. The number of fused-ring (bicyclic) bond motifs is 18. The lowest BCUT2D eigenvalue weighted by Crippen LogP contribution is -2.48. The van der Waals surface area contributed by atoms with E-state index >= 15 is 0 Å². The van der Waals surface area contributed by atoms with Gasteiger partial charge in [0.05, 0.1) is 150 Å². The Morgan fingerprint density at radius 1 is 0.275 bits per heavy atom. The van der Waals surface area contributed by atoms with Crippen LogP contribution in [0.15, 0.2) is 72.8 Å². The number of hydrogen-bond acceptors (Lipinski definition) is 24. The van der Waals surface area contributed by atoms with Gasteiger partial charge in [-0.25, -0.2) is 0 Å². The molecule has 0 spiro atoms. The highest BCUT2D eigenvalue weighted by Gasteiger charge is 2.47. The smallest absolute Gasteiger partial charge is 0.161 e. The lowest BCUT2D eigenvalue weighted by molar-refractivity contribution is -0.0192. The third kappa shape index (κ3) is 25.4. The molecule has 0 amide bonds. The molecule has 0 aromatic heterocycles. The Morgan fingerprint density at radius 2 is 0.435 bits per heavy atom. The zero-order valence-corrected chi connectivity index (χ0v) is 79.3. The summed E-state index contributed by atoms with van der Waals surface area (Å²) in [5.41, 5.74) is -6.66. The van der Waals surface area contributed by atoms with Crippen LogP contribution < -0.4 is 56.8 Å². The van der Waals surface area contributed by atoms with Crippen LogP contribution in [-0.2, 0) is 38.2 Å². The van der Waals surface area contributed by atoms with Crippen LogP contribution in [0.4, 0.5) is 0 Å². The number of hydrogen-bond donors (Lipinski definition) is 6. The summed E-state index contributed by atoms with van der Waals surface area (Å²) in [4.78, 5) is 2.10. The highest BCUT2D eigenvalue weighted by molar-refractivity contribution is 5.55. The van der Waals surface area contributed by atoms with E-state index in [2.05, 4.69) is 0 Å². The molecule has 6 saturated heterocycles. The van der Waals surface area contributed by atoms with E-state index in [4.69, 9.17) is 160 Å². The minimum atomic E-state index is -4.10. The lowest BCUT2D eigenvalue weighted by Gasteiger charge is -2.46. The Bertz CT molecular complexity index is 8700. The first-order valence-electron chi connectivity index (χ1n) is 83.7. The summed E-state index contributed by atoms with van der Waals surface area (Å²) in [7, 11) is 1.64. The summed E-state index contributed by atoms with van der Waals surface area (Å²) in [6.07, 6.45) is -72.9. The quantitative estimate of drug-likeness (QED) is 0.0329. The van der Waals surface area contributed by atoms with E-state index in [1.54, 1.807) is 41.5 Å². The number of piperidine rings is 6. The molecule has 6 N–H and O–H groups in total. The van der Waals surface area contributed by atoms with Crippen LogP contribution in [0.5, 0.6) is 69.0 Å². The summed E-state index contributed by atoms with van der Waals surface area (Å²) in [5.74, 6) is -31.5. The van der Waals surface area contributed by atoms with Gasteiger partial charge in [-0.15, -0.1) is 0 Å². The van der Waals surface area contributed by atoms with Crippen molar-refractivity contribution in [2.45, 2.75) is 270 Å². The molecular formula is C114H174N6O18. The molecule has 12 aliphatic rings. The van der Waals surface area contributed by atoms with E-state index in [1.807, 2.05) is 0 Å². The van der Waals surface area contributed by atoms with E-state index in [-0.39, 0.29) is 109 Å². The topological polar surface area (TPSA) is 252 Å². The van der Waals surface area contributed by atoms with Crippen LogP contribution in [0.25, 0.3) is 0 Å². The molecule has 0 radical (unpaired) electrons. The Labute approximate surface area is 941 Å². The normalized spacial score (nSPS) is 54.4. The number of aryl methyl sites for hydroxylation is 6. The predicted molar refractivity (Wildman–Crippen MR) is 547 cm³/mol. The molecule has 6 fully saturated rings. The molecule has 21 atom stereocenters. The van der Waals surface area contributed by atoms with E-state index < -0.39 is 420 Å². The molecule has 12 aliphatic heterocycles. The molecular weight excluding hydrogens is 1740 g/mol. The first kappa shape index (κ1) is 43.8. The first-order chi connectivity index (χ1) is 96.6. The van der Waals surface area contributed by atoms with Crippen molar-refractivity contribution in [1.29, 1.82) is 0 Å². The summed E-state index contributed by atoms with van der Waals surface area (Å²) in [6, 6.07) is -6.98. The predicted octanol–water partition coefficient (Wildman–Crippen LogP) is 18.2.